The lowest BCUT2D eigenvalue weighted by Crippen LogP contribution is -2.24. The van der Waals surface area contributed by atoms with Gasteiger partial charge >= 0.3 is 6.18 Å². The minimum atomic E-state index is -4.50. The molecule has 7 heteroatoms. The average molecular weight is 284 g/mol. The van der Waals surface area contributed by atoms with E-state index in [1.54, 1.807) is 0 Å². The van der Waals surface area contributed by atoms with E-state index < -0.39 is 11.9 Å². The second-order valence-corrected chi connectivity index (χ2v) is 4.71. The number of pyridine rings is 1. The Hall–Kier alpha value is -1.81. The van der Waals surface area contributed by atoms with Gasteiger partial charge in [0.2, 0.25) is 0 Å². The predicted molar refractivity (Wildman–Crippen MR) is 68.1 cm³/mol. The molecule has 0 radical (unpaired) electrons. The Labute approximate surface area is 115 Å². The minimum absolute atomic E-state index is 0.000298. The highest BCUT2D eigenvalue weighted by atomic mass is 19.4. The quantitative estimate of drug-likeness (QED) is 0.892. The van der Waals surface area contributed by atoms with Crippen LogP contribution in [0.4, 0.5) is 19.0 Å². The summed E-state index contributed by atoms with van der Waals surface area (Å²) in [7, 11) is 0. The Kier molecular flexibility index (Phi) is 4.45. The lowest BCUT2D eigenvalue weighted by molar-refractivity contribution is -0.141. The number of aromatic nitrogens is 1. The van der Waals surface area contributed by atoms with E-state index in [0.717, 1.165) is 37.9 Å². The van der Waals surface area contributed by atoms with Crippen LogP contribution in [0.3, 0.4) is 0 Å². The highest BCUT2D eigenvalue weighted by molar-refractivity contribution is 5.52. The van der Waals surface area contributed by atoms with Crippen LogP contribution in [0.5, 0.6) is 0 Å². The van der Waals surface area contributed by atoms with Crippen molar-refractivity contribution in [2.75, 3.05) is 18.4 Å². The summed E-state index contributed by atoms with van der Waals surface area (Å²) in [6, 6.07) is 4.20. The zero-order chi connectivity index (χ0) is 14.6. The molecule has 0 aliphatic carbocycles. The van der Waals surface area contributed by atoms with Gasteiger partial charge in [0, 0.05) is 12.6 Å². The Morgan fingerprint density at radius 3 is 2.85 bits per heavy atom. The number of nitrogens with one attached hydrogen (secondary N) is 2. The highest BCUT2D eigenvalue weighted by Gasteiger charge is 2.33. The summed E-state index contributed by atoms with van der Waals surface area (Å²) in [5.74, 6) is 0.000298. The largest absolute Gasteiger partial charge is 0.433 e. The van der Waals surface area contributed by atoms with Gasteiger partial charge in [0.15, 0.2) is 0 Å². The summed E-state index contributed by atoms with van der Waals surface area (Å²) >= 11 is 0. The monoisotopic (exact) mass is 284 g/mol. The molecule has 2 N–H and O–H groups in total. The second kappa shape index (κ2) is 6.09. The van der Waals surface area contributed by atoms with Gasteiger partial charge in [-0.05, 0) is 37.9 Å². The average Bonchev–Trinajstić information content (AvgIpc) is 2.90. The number of hydrogen-bond donors (Lipinski definition) is 2. The van der Waals surface area contributed by atoms with Crippen LogP contribution in [0, 0.1) is 11.3 Å². The van der Waals surface area contributed by atoms with E-state index in [0.29, 0.717) is 12.6 Å². The number of anilines is 1. The maximum atomic E-state index is 12.6. The van der Waals surface area contributed by atoms with Crippen LogP contribution < -0.4 is 10.6 Å². The van der Waals surface area contributed by atoms with Gasteiger partial charge in [-0.25, -0.2) is 4.98 Å². The van der Waals surface area contributed by atoms with Crippen molar-refractivity contribution in [1.82, 2.24) is 10.3 Å². The summed E-state index contributed by atoms with van der Waals surface area (Å²) in [5.41, 5.74) is -0.865. The normalized spacial score (nSPS) is 18.8. The first-order valence-electron chi connectivity index (χ1n) is 6.46. The van der Waals surface area contributed by atoms with Crippen molar-refractivity contribution in [3.05, 3.63) is 23.4 Å². The number of halogens is 3. The van der Waals surface area contributed by atoms with E-state index in [1.165, 1.54) is 0 Å². The minimum Gasteiger partial charge on any atom is -0.369 e. The van der Waals surface area contributed by atoms with Crippen molar-refractivity contribution in [1.29, 1.82) is 5.26 Å². The van der Waals surface area contributed by atoms with Crippen molar-refractivity contribution in [2.45, 2.75) is 31.5 Å². The summed E-state index contributed by atoms with van der Waals surface area (Å²) in [4.78, 5) is 3.50. The summed E-state index contributed by atoms with van der Waals surface area (Å²) in [5, 5.41) is 15.0. The third kappa shape index (κ3) is 3.61. The van der Waals surface area contributed by atoms with Crippen molar-refractivity contribution in [2.24, 2.45) is 0 Å². The van der Waals surface area contributed by atoms with Crippen molar-refractivity contribution < 1.29 is 13.2 Å². The fourth-order valence-electron chi connectivity index (χ4n) is 2.21. The third-order valence-corrected chi connectivity index (χ3v) is 3.25. The first-order valence-corrected chi connectivity index (χ1v) is 6.46. The fraction of sp³-hybridized carbons (Fsp3) is 0.538. The van der Waals surface area contributed by atoms with Crippen molar-refractivity contribution in [3.63, 3.8) is 0 Å². The molecule has 1 aromatic heterocycles. The summed E-state index contributed by atoms with van der Waals surface area (Å²) in [6.45, 7) is 1.47. The molecule has 0 bridgehead atoms. The van der Waals surface area contributed by atoms with Gasteiger partial charge in [-0.1, -0.05) is 0 Å². The van der Waals surface area contributed by atoms with Crippen molar-refractivity contribution >= 4 is 5.82 Å². The molecular formula is C13H15F3N4. The first-order chi connectivity index (χ1) is 9.50. The van der Waals surface area contributed by atoms with E-state index in [4.69, 9.17) is 5.26 Å². The molecule has 1 unspecified atom stereocenters. The van der Waals surface area contributed by atoms with Crippen LogP contribution in [0.25, 0.3) is 0 Å². The van der Waals surface area contributed by atoms with Crippen LogP contribution in [-0.2, 0) is 6.18 Å². The van der Waals surface area contributed by atoms with Crippen LogP contribution >= 0.6 is 0 Å². The number of nitriles is 1. The van der Waals surface area contributed by atoms with Gasteiger partial charge in [-0.15, -0.1) is 0 Å². The van der Waals surface area contributed by atoms with E-state index in [2.05, 4.69) is 15.6 Å². The molecule has 20 heavy (non-hydrogen) atoms. The maximum absolute atomic E-state index is 12.6. The molecule has 4 nitrogen and oxygen atoms in total. The van der Waals surface area contributed by atoms with E-state index >= 15 is 0 Å². The van der Waals surface area contributed by atoms with Gasteiger partial charge in [0.05, 0.1) is 5.56 Å². The van der Waals surface area contributed by atoms with Crippen LogP contribution in [0.2, 0.25) is 0 Å². The Morgan fingerprint density at radius 2 is 2.25 bits per heavy atom. The molecule has 0 saturated carbocycles. The Morgan fingerprint density at radius 1 is 1.45 bits per heavy atom. The summed E-state index contributed by atoms with van der Waals surface area (Å²) in [6.07, 6.45) is -1.51. The molecule has 1 saturated heterocycles. The molecule has 1 atom stereocenters. The lowest BCUT2D eigenvalue weighted by atomic mass is 10.1. The summed E-state index contributed by atoms with van der Waals surface area (Å²) < 4.78 is 37.8. The zero-order valence-electron chi connectivity index (χ0n) is 10.8. The van der Waals surface area contributed by atoms with E-state index in [9.17, 15) is 13.2 Å². The molecule has 0 aromatic carbocycles. The molecule has 2 heterocycles. The van der Waals surface area contributed by atoms with Gasteiger partial charge in [0.1, 0.15) is 17.6 Å². The molecule has 108 valence electrons. The van der Waals surface area contributed by atoms with E-state index in [1.807, 2.05) is 6.07 Å². The molecule has 1 aromatic rings. The standard InChI is InChI=1S/C13H15F3N4/c14-13(15,16)11-4-3-9(8-17)12(20-11)19-7-5-10-2-1-6-18-10/h3-4,10,18H,1-2,5-7H2,(H,19,20). The van der Waals surface area contributed by atoms with Crippen LogP contribution in [0.1, 0.15) is 30.5 Å². The molecule has 1 aliphatic rings. The predicted octanol–water partition coefficient (Wildman–Crippen LogP) is 2.53. The molecule has 0 spiro atoms. The van der Waals surface area contributed by atoms with Gasteiger partial charge in [-0.3, -0.25) is 0 Å². The number of rotatable bonds is 4. The van der Waals surface area contributed by atoms with E-state index in [-0.39, 0.29) is 11.4 Å². The number of alkyl halides is 3. The molecule has 2 rings (SSSR count). The highest BCUT2D eigenvalue weighted by Crippen LogP contribution is 2.29. The fourth-order valence-corrected chi connectivity index (χ4v) is 2.21. The smallest absolute Gasteiger partial charge is 0.369 e. The maximum Gasteiger partial charge on any atom is 0.433 e. The number of hydrogen-bond acceptors (Lipinski definition) is 4. The first kappa shape index (κ1) is 14.6. The number of nitrogens with zero attached hydrogens (tertiary/aromatic N) is 2. The lowest BCUT2D eigenvalue weighted by Gasteiger charge is -2.13. The molecular weight excluding hydrogens is 269 g/mol. The Balaban J connectivity index is 2.02. The molecule has 0 amide bonds. The van der Waals surface area contributed by atoms with Crippen molar-refractivity contribution in [3.8, 4) is 6.07 Å². The SMILES string of the molecule is N#Cc1ccc(C(F)(F)F)nc1NCCC1CCCN1. The van der Waals surface area contributed by atoms with Gasteiger partial charge in [-0.2, -0.15) is 18.4 Å². The Bertz CT molecular complexity index is 501. The topological polar surface area (TPSA) is 60.7 Å². The van der Waals surface area contributed by atoms with Gasteiger partial charge < -0.3 is 10.6 Å². The third-order valence-electron chi connectivity index (χ3n) is 3.25. The van der Waals surface area contributed by atoms with Gasteiger partial charge in [0.25, 0.3) is 0 Å². The molecule has 1 aliphatic heterocycles. The molecule has 1 fully saturated rings. The van der Waals surface area contributed by atoms with Crippen LogP contribution in [-0.4, -0.2) is 24.1 Å². The zero-order valence-corrected chi connectivity index (χ0v) is 10.8. The second-order valence-electron chi connectivity index (χ2n) is 4.71. The van der Waals surface area contributed by atoms with Crippen LogP contribution in [0.15, 0.2) is 12.1 Å².